The smallest absolute Gasteiger partial charge is 0.356 e. The first-order chi connectivity index (χ1) is 10.0. The van der Waals surface area contributed by atoms with Crippen molar-refractivity contribution in [2.24, 2.45) is 7.05 Å². The molecule has 0 radical (unpaired) electrons. The van der Waals surface area contributed by atoms with Crippen LogP contribution in [0.2, 0.25) is 0 Å². The van der Waals surface area contributed by atoms with Crippen LogP contribution in [0, 0.1) is 0 Å². The summed E-state index contributed by atoms with van der Waals surface area (Å²) in [4.78, 5) is 11.1. The van der Waals surface area contributed by atoms with Crippen molar-refractivity contribution in [2.45, 2.75) is 13.3 Å². The number of benzene rings is 1. The molecule has 0 atom stereocenters. The van der Waals surface area contributed by atoms with Gasteiger partial charge < -0.3 is 14.6 Å². The first kappa shape index (κ1) is 13.9. The minimum absolute atomic E-state index is 0.0170. The zero-order chi connectivity index (χ0) is 15.1. The van der Waals surface area contributed by atoms with Gasteiger partial charge in [-0.25, -0.2) is 4.79 Å². The molecule has 0 saturated carbocycles. The van der Waals surface area contributed by atoms with Gasteiger partial charge in [0.1, 0.15) is 0 Å². The maximum Gasteiger partial charge on any atom is 0.356 e. The Labute approximate surface area is 129 Å². The van der Waals surface area contributed by atoms with E-state index in [0.717, 1.165) is 27.7 Å². The Hall–Kier alpha value is -2.02. The molecule has 0 fully saturated rings. The number of rotatable bonds is 3. The third-order valence-corrected chi connectivity index (χ3v) is 4.27. The molecule has 1 aliphatic heterocycles. The summed E-state index contributed by atoms with van der Waals surface area (Å²) in [5, 5.41) is 13.1. The van der Waals surface area contributed by atoms with Crippen LogP contribution >= 0.6 is 15.9 Å². The highest BCUT2D eigenvalue weighted by molar-refractivity contribution is 9.10. The van der Waals surface area contributed by atoms with Crippen LogP contribution in [0.1, 0.15) is 23.0 Å². The first-order valence-corrected chi connectivity index (χ1v) is 7.21. The predicted molar refractivity (Wildman–Crippen MR) is 78.8 cm³/mol. The van der Waals surface area contributed by atoms with Gasteiger partial charge in [-0.2, -0.15) is 5.10 Å². The Kier molecular flexibility index (Phi) is 3.36. The molecule has 0 amide bonds. The van der Waals surface area contributed by atoms with Crippen molar-refractivity contribution >= 4 is 21.9 Å². The molecule has 1 N–H and O–H groups in total. The number of halogens is 1. The fourth-order valence-electron chi connectivity index (χ4n) is 2.44. The molecule has 0 bridgehead atoms. The van der Waals surface area contributed by atoms with Gasteiger partial charge in [0.25, 0.3) is 0 Å². The standard InChI is InChI=1S/C14H13BrN2O4/c1-3-7-8(4-11-13(12(7)15)21-6-20-11)10-5-9(14(18)19)16-17(10)2/h4-5H,3,6H2,1-2H3,(H,18,19). The Morgan fingerprint density at radius 2 is 2.24 bits per heavy atom. The van der Waals surface area contributed by atoms with Gasteiger partial charge in [-0.1, -0.05) is 6.92 Å². The van der Waals surface area contributed by atoms with Gasteiger partial charge in [-0.05, 0) is 40.0 Å². The molecule has 3 rings (SSSR count). The zero-order valence-corrected chi connectivity index (χ0v) is 13.1. The van der Waals surface area contributed by atoms with Gasteiger partial charge in [0.2, 0.25) is 6.79 Å². The number of hydrogen-bond donors (Lipinski definition) is 1. The maximum absolute atomic E-state index is 11.1. The fraction of sp³-hybridized carbons (Fsp3) is 0.286. The van der Waals surface area contributed by atoms with Crippen LogP contribution in [-0.4, -0.2) is 27.6 Å². The molecule has 0 saturated heterocycles. The van der Waals surface area contributed by atoms with Crippen LogP contribution in [0.4, 0.5) is 0 Å². The second-order valence-corrected chi connectivity index (χ2v) is 5.44. The quantitative estimate of drug-likeness (QED) is 0.919. The van der Waals surface area contributed by atoms with Crippen LogP contribution in [0.5, 0.6) is 11.5 Å². The second kappa shape index (κ2) is 5.07. The lowest BCUT2D eigenvalue weighted by Crippen LogP contribution is -2.00. The summed E-state index contributed by atoms with van der Waals surface area (Å²) < 4.78 is 13.3. The van der Waals surface area contributed by atoms with E-state index in [-0.39, 0.29) is 12.5 Å². The lowest BCUT2D eigenvalue weighted by Gasteiger charge is -2.12. The summed E-state index contributed by atoms with van der Waals surface area (Å²) in [6.45, 7) is 2.21. The van der Waals surface area contributed by atoms with E-state index in [1.165, 1.54) is 0 Å². The van der Waals surface area contributed by atoms with Crippen molar-refractivity contribution in [3.63, 3.8) is 0 Å². The van der Waals surface area contributed by atoms with E-state index in [1.54, 1.807) is 17.8 Å². The molecule has 1 aliphatic rings. The minimum atomic E-state index is -1.05. The molecule has 7 heteroatoms. The van der Waals surface area contributed by atoms with Crippen molar-refractivity contribution in [3.05, 3.63) is 27.9 Å². The topological polar surface area (TPSA) is 73.6 Å². The third kappa shape index (κ3) is 2.17. The van der Waals surface area contributed by atoms with Gasteiger partial charge in [0.15, 0.2) is 17.2 Å². The van der Waals surface area contributed by atoms with Crippen LogP contribution < -0.4 is 9.47 Å². The highest BCUT2D eigenvalue weighted by atomic mass is 79.9. The van der Waals surface area contributed by atoms with Crippen LogP contribution in [0.15, 0.2) is 16.6 Å². The molecule has 0 aliphatic carbocycles. The highest BCUT2D eigenvalue weighted by Crippen LogP contribution is 2.45. The summed E-state index contributed by atoms with van der Waals surface area (Å²) in [6.07, 6.45) is 0.764. The number of nitrogens with zero attached hydrogens (tertiary/aromatic N) is 2. The molecule has 6 nitrogen and oxygen atoms in total. The average molecular weight is 353 g/mol. The van der Waals surface area contributed by atoms with Crippen LogP contribution in [0.3, 0.4) is 0 Å². The van der Waals surface area contributed by atoms with Crippen molar-refractivity contribution < 1.29 is 19.4 Å². The normalized spacial score (nSPS) is 12.7. The Morgan fingerprint density at radius 3 is 2.86 bits per heavy atom. The zero-order valence-electron chi connectivity index (χ0n) is 11.5. The lowest BCUT2D eigenvalue weighted by molar-refractivity contribution is 0.0689. The van der Waals surface area contributed by atoms with E-state index in [2.05, 4.69) is 21.0 Å². The van der Waals surface area contributed by atoms with E-state index in [1.807, 2.05) is 13.0 Å². The number of carbonyl (C=O) groups is 1. The van der Waals surface area contributed by atoms with Gasteiger partial charge in [0, 0.05) is 12.6 Å². The van der Waals surface area contributed by atoms with E-state index >= 15 is 0 Å². The number of fused-ring (bicyclic) bond motifs is 1. The first-order valence-electron chi connectivity index (χ1n) is 6.41. The fourth-order valence-corrected chi connectivity index (χ4v) is 3.24. The minimum Gasteiger partial charge on any atom is -0.476 e. The van der Waals surface area contributed by atoms with Crippen LogP contribution in [0.25, 0.3) is 11.3 Å². The van der Waals surface area contributed by atoms with E-state index in [0.29, 0.717) is 11.5 Å². The molecule has 2 heterocycles. The monoisotopic (exact) mass is 352 g/mol. The molecular weight excluding hydrogens is 340 g/mol. The van der Waals surface area contributed by atoms with E-state index in [4.69, 9.17) is 14.6 Å². The molecule has 21 heavy (non-hydrogen) atoms. The van der Waals surface area contributed by atoms with Crippen molar-refractivity contribution in [1.82, 2.24) is 9.78 Å². The molecule has 1 aromatic carbocycles. The Balaban J connectivity index is 2.23. The SMILES string of the molecule is CCc1c(-c2cc(C(=O)O)nn2C)cc2c(c1Br)OCO2. The Morgan fingerprint density at radius 1 is 1.48 bits per heavy atom. The van der Waals surface area contributed by atoms with Gasteiger partial charge >= 0.3 is 5.97 Å². The molecule has 110 valence electrons. The number of aromatic carboxylic acids is 1. The number of hydrogen-bond acceptors (Lipinski definition) is 4. The maximum atomic E-state index is 11.1. The summed E-state index contributed by atoms with van der Waals surface area (Å²) in [5.41, 5.74) is 2.65. The van der Waals surface area contributed by atoms with Crippen LogP contribution in [-0.2, 0) is 13.5 Å². The number of carboxylic acid groups (broad SMARTS) is 1. The number of aryl methyl sites for hydroxylation is 1. The van der Waals surface area contributed by atoms with Gasteiger partial charge in [-0.3, -0.25) is 4.68 Å². The van der Waals surface area contributed by atoms with Crippen molar-refractivity contribution in [3.8, 4) is 22.8 Å². The third-order valence-electron chi connectivity index (χ3n) is 3.43. The predicted octanol–water partition coefficient (Wildman–Crippen LogP) is 2.84. The molecule has 0 unspecified atom stereocenters. The van der Waals surface area contributed by atoms with Gasteiger partial charge in [0.05, 0.1) is 10.2 Å². The molecule has 1 aromatic heterocycles. The van der Waals surface area contributed by atoms with Crippen molar-refractivity contribution in [1.29, 1.82) is 0 Å². The number of ether oxygens (including phenoxy) is 2. The molecule has 0 spiro atoms. The number of carboxylic acids is 1. The summed E-state index contributed by atoms with van der Waals surface area (Å²) in [7, 11) is 1.72. The molecule has 2 aromatic rings. The van der Waals surface area contributed by atoms with Crippen molar-refractivity contribution in [2.75, 3.05) is 6.79 Å². The summed E-state index contributed by atoms with van der Waals surface area (Å²) >= 11 is 3.55. The number of aromatic nitrogens is 2. The Bertz CT molecular complexity index is 739. The van der Waals surface area contributed by atoms with E-state index < -0.39 is 5.97 Å². The largest absolute Gasteiger partial charge is 0.476 e. The second-order valence-electron chi connectivity index (χ2n) is 4.65. The lowest BCUT2D eigenvalue weighted by atomic mass is 10.0. The highest BCUT2D eigenvalue weighted by Gasteiger charge is 2.24. The van der Waals surface area contributed by atoms with E-state index in [9.17, 15) is 4.79 Å². The molecular formula is C14H13BrN2O4. The summed E-state index contributed by atoms with van der Waals surface area (Å²) in [6, 6.07) is 3.43. The van der Waals surface area contributed by atoms with Gasteiger partial charge in [-0.15, -0.1) is 0 Å². The summed E-state index contributed by atoms with van der Waals surface area (Å²) in [5.74, 6) is 0.290. The average Bonchev–Trinajstić information content (AvgIpc) is 3.05.